The summed E-state index contributed by atoms with van der Waals surface area (Å²) in [5.41, 5.74) is 4.76. The SMILES string of the molecule is CCc1ccc(NCc2cc(Br)ccc2OCc2ccccc2)cc1. The van der Waals surface area contributed by atoms with Gasteiger partial charge in [-0.05, 0) is 47.9 Å². The minimum Gasteiger partial charge on any atom is -0.489 e. The highest BCUT2D eigenvalue weighted by atomic mass is 79.9. The van der Waals surface area contributed by atoms with Crippen LogP contribution in [0.3, 0.4) is 0 Å². The van der Waals surface area contributed by atoms with Crippen molar-refractivity contribution in [2.75, 3.05) is 5.32 Å². The molecule has 0 spiro atoms. The fraction of sp³-hybridized carbons (Fsp3) is 0.182. The van der Waals surface area contributed by atoms with E-state index in [2.05, 4.69) is 70.6 Å². The van der Waals surface area contributed by atoms with Gasteiger partial charge in [-0.3, -0.25) is 0 Å². The van der Waals surface area contributed by atoms with Gasteiger partial charge in [-0.1, -0.05) is 65.3 Å². The zero-order valence-electron chi connectivity index (χ0n) is 14.3. The molecule has 0 bridgehead atoms. The lowest BCUT2D eigenvalue weighted by molar-refractivity contribution is 0.303. The van der Waals surface area contributed by atoms with E-state index in [9.17, 15) is 0 Å². The van der Waals surface area contributed by atoms with Gasteiger partial charge in [-0.2, -0.15) is 0 Å². The lowest BCUT2D eigenvalue weighted by Gasteiger charge is -2.14. The van der Waals surface area contributed by atoms with E-state index in [0.29, 0.717) is 6.61 Å². The summed E-state index contributed by atoms with van der Waals surface area (Å²) in [5, 5.41) is 3.48. The maximum Gasteiger partial charge on any atom is 0.124 e. The van der Waals surface area contributed by atoms with E-state index in [4.69, 9.17) is 4.74 Å². The van der Waals surface area contributed by atoms with Crippen molar-refractivity contribution in [1.82, 2.24) is 0 Å². The van der Waals surface area contributed by atoms with E-state index in [1.807, 2.05) is 30.3 Å². The summed E-state index contributed by atoms with van der Waals surface area (Å²) in [6, 6.07) is 24.9. The van der Waals surface area contributed by atoms with Crippen LogP contribution >= 0.6 is 15.9 Å². The first-order chi connectivity index (χ1) is 12.2. The molecule has 25 heavy (non-hydrogen) atoms. The van der Waals surface area contributed by atoms with Crippen LogP contribution in [0, 0.1) is 0 Å². The van der Waals surface area contributed by atoms with Gasteiger partial charge >= 0.3 is 0 Å². The largest absolute Gasteiger partial charge is 0.489 e. The van der Waals surface area contributed by atoms with Crippen molar-refractivity contribution < 1.29 is 4.74 Å². The number of aryl methyl sites for hydroxylation is 1. The first kappa shape index (κ1) is 17.6. The molecule has 128 valence electrons. The zero-order chi connectivity index (χ0) is 17.5. The minimum atomic E-state index is 0.570. The molecule has 0 radical (unpaired) electrons. The Balaban J connectivity index is 1.67. The molecule has 1 N–H and O–H groups in total. The predicted octanol–water partition coefficient (Wildman–Crippen LogP) is 6.20. The number of rotatable bonds is 7. The third-order valence-electron chi connectivity index (χ3n) is 4.10. The molecular formula is C22H22BrNO. The summed E-state index contributed by atoms with van der Waals surface area (Å²) >= 11 is 3.55. The first-order valence-corrected chi connectivity index (χ1v) is 9.32. The summed E-state index contributed by atoms with van der Waals surface area (Å²) in [4.78, 5) is 0. The normalized spacial score (nSPS) is 10.5. The van der Waals surface area contributed by atoms with Crippen molar-refractivity contribution >= 4 is 21.6 Å². The van der Waals surface area contributed by atoms with Gasteiger partial charge in [-0.15, -0.1) is 0 Å². The maximum absolute atomic E-state index is 6.04. The monoisotopic (exact) mass is 395 g/mol. The van der Waals surface area contributed by atoms with Crippen molar-refractivity contribution in [1.29, 1.82) is 0 Å². The number of benzene rings is 3. The van der Waals surface area contributed by atoms with Crippen molar-refractivity contribution in [2.24, 2.45) is 0 Å². The van der Waals surface area contributed by atoms with Gasteiger partial charge in [0.2, 0.25) is 0 Å². The quantitative estimate of drug-likeness (QED) is 0.513. The summed E-state index contributed by atoms with van der Waals surface area (Å²) in [7, 11) is 0. The number of nitrogens with one attached hydrogen (secondary N) is 1. The summed E-state index contributed by atoms with van der Waals surface area (Å²) in [6.45, 7) is 3.45. The lowest BCUT2D eigenvalue weighted by atomic mass is 10.1. The van der Waals surface area contributed by atoms with Gasteiger partial charge in [0.05, 0.1) is 0 Å². The van der Waals surface area contributed by atoms with Crippen molar-refractivity contribution in [3.8, 4) is 5.75 Å². The predicted molar refractivity (Wildman–Crippen MR) is 108 cm³/mol. The molecule has 0 fully saturated rings. The minimum absolute atomic E-state index is 0.570. The molecule has 0 heterocycles. The highest BCUT2D eigenvalue weighted by Gasteiger charge is 2.06. The third kappa shape index (κ3) is 5.10. The second kappa shape index (κ2) is 8.72. The smallest absolute Gasteiger partial charge is 0.124 e. The lowest BCUT2D eigenvalue weighted by Crippen LogP contribution is -2.04. The van der Waals surface area contributed by atoms with Gasteiger partial charge < -0.3 is 10.1 Å². The molecule has 0 saturated heterocycles. The Hall–Kier alpha value is -2.26. The second-order valence-corrected chi connectivity index (χ2v) is 6.85. The second-order valence-electron chi connectivity index (χ2n) is 5.93. The van der Waals surface area contributed by atoms with E-state index in [0.717, 1.165) is 34.4 Å². The average molecular weight is 396 g/mol. The topological polar surface area (TPSA) is 21.3 Å². The van der Waals surface area contributed by atoms with Gasteiger partial charge in [-0.25, -0.2) is 0 Å². The standard InChI is InChI=1S/C22H22BrNO/c1-2-17-8-11-21(12-9-17)24-15-19-14-20(23)10-13-22(19)25-16-18-6-4-3-5-7-18/h3-14,24H,2,15-16H2,1H3. The molecular weight excluding hydrogens is 374 g/mol. The van der Waals surface area contributed by atoms with E-state index < -0.39 is 0 Å². The number of anilines is 1. The number of halogens is 1. The van der Waals surface area contributed by atoms with Crippen LogP contribution in [0.1, 0.15) is 23.6 Å². The van der Waals surface area contributed by atoms with Gasteiger partial charge in [0.25, 0.3) is 0 Å². The Morgan fingerprint density at radius 3 is 2.36 bits per heavy atom. The summed E-state index contributed by atoms with van der Waals surface area (Å²) in [5.74, 6) is 0.907. The highest BCUT2D eigenvalue weighted by molar-refractivity contribution is 9.10. The van der Waals surface area contributed by atoms with Crippen LogP contribution < -0.4 is 10.1 Å². The molecule has 0 aliphatic rings. The Morgan fingerprint density at radius 1 is 0.880 bits per heavy atom. The molecule has 3 heteroatoms. The van der Waals surface area contributed by atoms with E-state index in [-0.39, 0.29) is 0 Å². The fourth-order valence-electron chi connectivity index (χ4n) is 2.62. The molecule has 2 nitrogen and oxygen atoms in total. The highest BCUT2D eigenvalue weighted by Crippen LogP contribution is 2.25. The number of hydrogen-bond acceptors (Lipinski definition) is 2. The van der Waals surface area contributed by atoms with Crippen LogP contribution in [0.15, 0.2) is 77.3 Å². The van der Waals surface area contributed by atoms with Crippen molar-refractivity contribution in [3.05, 3.63) is 94.0 Å². The average Bonchev–Trinajstić information content (AvgIpc) is 2.67. The Labute approximate surface area is 158 Å². The van der Waals surface area contributed by atoms with Crippen molar-refractivity contribution in [2.45, 2.75) is 26.5 Å². The van der Waals surface area contributed by atoms with Gasteiger partial charge in [0.1, 0.15) is 12.4 Å². The number of ether oxygens (including phenoxy) is 1. The van der Waals surface area contributed by atoms with Crippen LogP contribution in [-0.4, -0.2) is 0 Å². The van der Waals surface area contributed by atoms with Crippen LogP contribution in [0.2, 0.25) is 0 Å². The molecule has 0 aliphatic carbocycles. The number of hydrogen-bond donors (Lipinski definition) is 1. The molecule has 0 saturated carbocycles. The summed E-state index contributed by atoms with van der Waals surface area (Å²) < 4.78 is 7.10. The molecule has 0 atom stereocenters. The molecule has 3 aromatic rings. The van der Waals surface area contributed by atoms with Crippen molar-refractivity contribution in [3.63, 3.8) is 0 Å². The van der Waals surface area contributed by atoms with Crippen LogP contribution in [0.4, 0.5) is 5.69 Å². The molecule has 0 aliphatic heterocycles. The molecule has 3 rings (SSSR count). The van der Waals surface area contributed by atoms with E-state index in [1.165, 1.54) is 11.1 Å². The fourth-order valence-corrected chi connectivity index (χ4v) is 3.03. The Morgan fingerprint density at radius 2 is 1.64 bits per heavy atom. The Kier molecular flexibility index (Phi) is 6.13. The van der Waals surface area contributed by atoms with E-state index >= 15 is 0 Å². The molecule has 3 aromatic carbocycles. The zero-order valence-corrected chi connectivity index (χ0v) is 15.9. The summed E-state index contributed by atoms with van der Waals surface area (Å²) in [6.07, 6.45) is 1.06. The first-order valence-electron chi connectivity index (χ1n) is 8.52. The van der Waals surface area contributed by atoms with Crippen LogP contribution in [0.5, 0.6) is 5.75 Å². The van der Waals surface area contributed by atoms with Gasteiger partial charge in [0.15, 0.2) is 0 Å². The Bertz CT molecular complexity index is 800. The maximum atomic E-state index is 6.04. The van der Waals surface area contributed by atoms with Gasteiger partial charge in [0, 0.05) is 22.3 Å². The molecule has 0 unspecified atom stereocenters. The van der Waals surface area contributed by atoms with Crippen LogP contribution in [0.25, 0.3) is 0 Å². The van der Waals surface area contributed by atoms with E-state index in [1.54, 1.807) is 0 Å². The van der Waals surface area contributed by atoms with Crippen LogP contribution in [-0.2, 0) is 19.6 Å². The third-order valence-corrected chi connectivity index (χ3v) is 4.60. The molecule has 0 amide bonds. The molecule has 0 aromatic heterocycles.